The van der Waals surface area contributed by atoms with Crippen molar-refractivity contribution < 1.29 is 47.5 Å². The van der Waals surface area contributed by atoms with Crippen LogP contribution in [0.1, 0.15) is 57.8 Å². The van der Waals surface area contributed by atoms with Crippen LogP contribution < -0.4 is 15.1 Å². The van der Waals surface area contributed by atoms with Crippen molar-refractivity contribution in [2.75, 3.05) is 76.4 Å². The molecular formula is C69H100Br2F2N12O8Si4. The van der Waals surface area contributed by atoms with Gasteiger partial charge in [-0.1, -0.05) is 78.6 Å². The summed E-state index contributed by atoms with van der Waals surface area (Å²) >= 11 is 7.76. The molecule has 2 aromatic carbocycles. The van der Waals surface area contributed by atoms with Gasteiger partial charge in [-0.25, -0.2) is 23.5 Å². The Morgan fingerprint density at radius 2 is 0.990 bits per heavy atom. The number of anilines is 2. The average Bonchev–Trinajstić information content (AvgIpc) is 1.65. The lowest BCUT2D eigenvalue weighted by Gasteiger charge is -2.33. The molecule has 0 aliphatic heterocycles. The van der Waals surface area contributed by atoms with Gasteiger partial charge >= 0.3 is 6.09 Å². The van der Waals surface area contributed by atoms with Gasteiger partial charge in [-0.2, -0.15) is 19.2 Å². The first kappa shape index (κ1) is 76.0. The van der Waals surface area contributed by atoms with E-state index < -0.39 is 49.5 Å². The highest BCUT2D eigenvalue weighted by molar-refractivity contribution is 9.11. The summed E-state index contributed by atoms with van der Waals surface area (Å²) in [6.07, 6.45) is 9.64. The van der Waals surface area contributed by atoms with Crippen LogP contribution in [0.4, 0.5) is 25.2 Å². The number of nitrogens with zero attached hydrogens (tertiary/aromatic N) is 11. The van der Waals surface area contributed by atoms with Gasteiger partial charge in [-0.15, -0.1) is 0 Å². The maximum atomic E-state index is 14.3. The van der Waals surface area contributed by atoms with E-state index in [2.05, 4.69) is 131 Å². The summed E-state index contributed by atoms with van der Waals surface area (Å²) < 4.78 is 64.4. The van der Waals surface area contributed by atoms with Crippen molar-refractivity contribution in [2.45, 2.75) is 179 Å². The van der Waals surface area contributed by atoms with Crippen molar-refractivity contribution in [1.82, 2.24) is 49.4 Å². The molecule has 0 spiro atoms. The van der Waals surface area contributed by atoms with Gasteiger partial charge in [0, 0.05) is 116 Å². The number of hydrogen-bond donors (Lipinski definition) is 3. The summed E-state index contributed by atoms with van der Waals surface area (Å²) in [5, 5.41) is 35.0. The van der Waals surface area contributed by atoms with Gasteiger partial charge in [0.25, 0.3) is 0 Å². The fraction of sp³-hybridized carbons (Fsp3) is 0.551. The normalized spacial score (nSPS) is 14.7. The molecule has 0 radical (unpaired) electrons. The van der Waals surface area contributed by atoms with Crippen LogP contribution in [-0.2, 0) is 36.8 Å². The summed E-state index contributed by atoms with van der Waals surface area (Å²) in [6.45, 7) is 37.5. The molecule has 0 unspecified atom stereocenters. The quantitative estimate of drug-likeness (QED) is 0.0203. The predicted molar refractivity (Wildman–Crippen MR) is 400 cm³/mol. The SMILES string of the molecule is CC(C)(C)OC(=O)N(Cc1nc2c(-c3cnc4ccc(F)cc4c3)cnn2c(N(COCC[Si](C)(C)C)COCC[Si](C)(C)C)c1Br)C1(CO)CC1.C[Si](C)(C)CCOCN(COCC[Si](C)(C)C)c1c(Br)c(CNC2(CO)CC2)nc2c(-c3cnc4ccc(F)cc4c3)cnn12. The molecule has 20 nitrogen and oxygen atoms in total. The Morgan fingerprint density at radius 3 is 1.35 bits per heavy atom. The van der Waals surface area contributed by atoms with Crippen LogP contribution in [-0.4, -0.2) is 176 Å². The van der Waals surface area contributed by atoms with E-state index in [1.165, 1.54) is 24.3 Å². The lowest BCUT2D eigenvalue weighted by molar-refractivity contribution is 0.00176. The molecule has 8 aromatic rings. The number of halogens is 4. The van der Waals surface area contributed by atoms with E-state index in [1.807, 2.05) is 42.3 Å². The van der Waals surface area contributed by atoms with Gasteiger partial charge in [0.05, 0.1) is 69.1 Å². The summed E-state index contributed by atoms with van der Waals surface area (Å²) in [4.78, 5) is 38.8. The third kappa shape index (κ3) is 20.7. The number of benzene rings is 2. The van der Waals surface area contributed by atoms with E-state index in [0.29, 0.717) is 119 Å². The number of aliphatic hydroxyl groups excluding tert-OH is 2. The van der Waals surface area contributed by atoms with Gasteiger partial charge in [-0.3, -0.25) is 14.9 Å². The van der Waals surface area contributed by atoms with E-state index in [1.54, 1.807) is 46.3 Å². The molecule has 97 heavy (non-hydrogen) atoms. The third-order valence-electron chi connectivity index (χ3n) is 17.2. The van der Waals surface area contributed by atoms with Gasteiger partial charge < -0.3 is 49.0 Å². The maximum Gasteiger partial charge on any atom is 0.411 e. The molecule has 2 aliphatic rings. The topological polar surface area (TPSA) is 212 Å². The molecule has 1 amide bonds. The molecule has 2 aliphatic carbocycles. The van der Waals surface area contributed by atoms with Crippen molar-refractivity contribution in [3.63, 3.8) is 0 Å². The van der Waals surface area contributed by atoms with Crippen molar-refractivity contribution >= 4 is 115 Å². The lowest BCUT2D eigenvalue weighted by atomic mass is 10.1. The van der Waals surface area contributed by atoms with Gasteiger partial charge in [0.2, 0.25) is 0 Å². The number of ether oxygens (including phenoxy) is 5. The Kier molecular flexibility index (Phi) is 24.5. The molecule has 3 N–H and O–H groups in total. The smallest absolute Gasteiger partial charge is 0.411 e. The van der Waals surface area contributed by atoms with Crippen molar-refractivity contribution in [2.24, 2.45) is 0 Å². The number of pyridine rings is 2. The Balaban J connectivity index is 0.000000230. The molecule has 2 fully saturated rings. The first-order valence-corrected chi connectivity index (χ1v) is 50.0. The van der Waals surface area contributed by atoms with Crippen LogP contribution in [0.2, 0.25) is 103 Å². The lowest BCUT2D eigenvalue weighted by Crippen LogP contribution is -2.46. The Bertz CT molecular complexity index is 3990. The number of carbonyl (C=O) groups excluding carboxylic acids is 1. The van der Waals surface area contributed by atoms with E-state index in [4.69, 9.17) is 43.8 Å². The molecular weight excluding hydrogens is 1430 g/mol. The first-order valence-electron chi connectivity index (χ1n) is 33.6. The molecule has 0 saturated heterocycles. The highest BCUT2D eigenvalue weighted by atomic mass is 79.9. The number of amides is 1. The zero-order valence-electron chi connectivity index (χ0n) is 59.3. The monoisotopic (exact) mass is 1530 g/mol. The molecule has 0 bridgehead atoms. The second-order valence-corrected chi connectivity index (χ2v) is 55.9. The first-order chi connectivity index (χ1) is 45.6. The minimum Gasteiger partial charge on any atom is -0.444 e. The number of rotatable bonds is 32. The number of carbonyl (C=O) groups is 1. The number of fused-ring (bicyclic) bond motifs is 4. The molecule has 2 saturated carbocycles. The van der Waals surface area contributed by atoms with Crippen LogP contribution in [0.3, 0.4) is 0 Å². The number of nitrogens with one attached hydrogen (secondary N) is 1. The van der Waals surface area contributed by atoms with Crippen molar-refractivity contribution in [3.05, 3.63) is 105 Å². The van der Waals surface area contributed by atoms with Crippen LogP contribution in [0, 0.1) is 11.6 Å². The standard InChI is InChI=1S/C37H54BrFN6O5Si2.C32H46BrFN6O3Si2/c1-36(2,3)50-35(47)44(37(23-46)12-13-37)22-31-32(38)34(43(24-48-14-16-51(4,5)6)25-49-15-17-52(7,8)9)45-33(42-31)29(21-41-45)27-18-26-19-28(39)10-11-30(26)40-20-27;1-44(2,3)13-11-42-21-39(22-43-12-14-45(4,5)6)31-29(33)28(19-36-32(20-41)9-10-32)38-30-26(18-37-40(30)31)24-15-23-16-25(34)7-8-27(23)35-17-24/h10-11,18-21,46H,12-17,22-25H2,1-9H3;7-8,15-18,36,41H,9-14,19-22H2,1-6H3. The molecule has 0 atom stereocenters. The van der Waals surface area contributed by atoms with Crippen molar-refractivity contribution in [3.8, 4) is 22.3 Å². The van der Waals surface area contributed by atoms with Gasteiger partial charge in [0.15, 0.2) is 22.9 Å². The fourth-order valence-corrected chi connectivity index (χ4v) is 14.9. The second kappa shape index (κ2) is 31.3. The van der Waals surface area contributed by atoms with E-state index >= 15 is 0 Å². The van der Waals surface area contributed by atoms with E-state index in [0.717, 1.165) is 64.1 Å². The molecule has 6 aromatic heterocycles. The minimum atomic E-state index is -1.35. The van der Waals surface area contributed by atoms with Crippen LogP contribution in [0.15, 0.2) is 82.3 Å². The third-order valence-corrected chi connectivity index (χ3v) is 25.6. The zero-order valence-corrected chi connectivity index (χ0v) is 66.5. The summed E-state index contributed by atoms with van der Waals surface area (Å²) in [5.41, 5.74) is 5.10. The minimum absolute atomic E-state index is 0.0617. The maximum absolute atomic E-state index is 14.3. The number of hydrogen-bond acceptors (Lipinski definition) is 17. The number of aromatic nitrogens is 8. The summed E-state index contributed by atoms with van der Waals surface area (Å²) in [5.74, 6) is 0.760. The molecule has 6 heterocycles. The van der Waals surface area contributed by atoms with Gasteiger partial charge in [-0.05, 0) is 151 Å². The Hall–Kier alpha value is -5.22. The summed E-state index contributed by atoms with van der Waals surface area (Å²) in [7, 11) is -5.25. The van der Waals surface area contributed by atoms with Gasteiger partial charge in [0.1, 0.15) is 44.2 Å². The van der Waals surface area contributed by atoms with Crippen LogP contribution in [0.5, 0.6) is 0 Å². The number of aliphatic hydroxyl groups is 2. The Morgan fingerprint density at radius 1 is 0.588 bits per heavy atom. The zero-order chi connectivity index (χ0) is 70.5. The van der Waals surface area contributed by atoms with Crippen LogP contribution in [0.25, 0.3) is 55.4 Å². The molecule has 28 heteroatoms. The fourth-order valence-electron chi connectivity index (χ4n) is 10.6. The Labute approximate surface area is 590 Å². The molecule has 528 valence electrons. The highest BCUT2D eigenvalue weighted by Crippen LogP contribution is 2.45. The largest absolute Gasteiger partial charge is 0.444 e. The van der Waals surface area contributed by atoms with E-state index in [9.17, 15) is 23.8 Å². The second-order valence-electron chi connectivity index (χ2n) is 31.8. The highest BCUT2D eigenvalue weighted by Gasteiger charge is 2.51. The predicted octanol–water partition coefficient (Wildman–Crippen LogP) is 15.4. The van der Waals surface area contributed by atoms with E-state index in [-0.39, 0.29) is 50.4 Å². The van der Waals surface area contributed by atoms with Crippen molar-refractivity contribution in [1.29, 1.82) is 0 Å². The molecule has 10 rings (SSSR count). The summed E-state index contributed by atoms with van der Waals surface area (Å²) in [6, 6.07) is 17.0. The average molecular weight is 1540 g/mol. The van der Waals surface area contributed by atoms with Crippen LogP contribution >= 0.6 is 31.9 Å².